The highest BCUT2D eigenvalue weighted by atomic mass is 16.5. The topological polar surface area (TPSA) is 114 Å². The smallest absolute Gasteiger partial charge is 0.340 e. The molecule has 48 heavy (non-hydrogen) atoms. The summed E-state index contributed by atoms with van der Waals surface area (Å²) in [5.41, 5.74) is -0.506. The first-order valence-electron chi connectivity index (χ1n) is 18.0. The number of carbonyl (C=O) groups is 2. The predicted octanol–water partition coefficient (Wildman–Crippen LogP) is 7.46. The van der Waals surface area contributed by atoms with E-state index >= 15 is 0 Å². The molecule has 2 aliphatic carbocycles. The predicted molar refractivity (Wildman–Crippen MR) is 189 cm³/mol. The average Bonchev–Trinajstić information content (AvgIpc) is 3.31. The summed E-state index contributed by atoms with van der Waals surface area (Å²) < 4.78 is 17.9. The number of ether oxygens (including phenoxy) is 3. The Hall–Kier alpha value is -2.78. The molecule has 2 saturated carbocycles. The highest BCUT2D eigenvalue weighted by Crippen LogP contribution is 2.59. The fraction of sp³-hybridized carbons (Fsp3) is 0.650. The third kappa shape index (κ3) is 7.67. The molecule has 3 N–H and O–H groups in total. The van der Waals surface area contributed by atoms with Crippen molar-refractivity contribution in [3.05, 3.63) is 65.2 Å². The van der Waals surface area contributed by atoms with E-state index in [1.54, 1.807) is 38.5 Å². The van der Waals surface area contributed by atoms with Gasteiger partial charge in [-0.2, -0.15) is 0 Å². The third-order valence-corrected chi connectivity index (χ3v) is 11.7. The van der Waals surface area contributed by atoms with Crippen molar-refractivity contribution in [3.63, 3.8) is 0 Å². The number of methoxy groups -OCH3 is 2. The molecular formula is C40H59NO7. The van der Waals surface area contributed by atoms with Gasteiger partial charge in [0, 0.05) is 32.1 Å². The molecule has 2 unspecified atom stereocenters. The van der Waals surface area contributed by atoms with Gasteiger partial charge in [0.15, 0.2) is 0 Å². The maximum Gasteiger partial charge on any atom is 0.340 e. The Morgan fingerprint density at radius 2 is 1.67 bits per heavy atom. The molecule has 266 valence electrons. The number of benzene rings is 2. The second-order valence-corrected chi connectivity index (χ2v) is 14.8. The van der Waals surface area contributed by atoms with Crippen molar-refractivity contribution in [2.24, 2.45) is 29.6 Å². The summed E-state index contributed by atoms with van der Waals surface area (Å²) in [6.45, 7) is 12.4. The van der Waals surface area contributed by atoms with E-state index in [1.807, 2.05) is 45.0 Å². The fourth-order valence-corrected chi connectivity index (χ4v) is 8.36. The Morgan fingerprint density at radius 1 is 0.979 bits per heavy atom. The molecule has 10 atom stereocenters. The summed E-state index contributed by atoms with van der Waals surface area (Å²) in [5, 5.41) is 28.0. The standard InChI is InChI=1S/C40H59NO7/c1-9-11-14-29-17-19-30(20-18-29)37(42)41-34-16-13-12-15-32(34)38(43)48-28(6)26(4)22-31(21-25(3)10-2)39(44)24-35(46-7)33-23-27(5)40(39,45)36(33)47-8/h12-13,15-20,25-28,31,33,35-36,44-45H,9-11,14,21-24H2,1-8H3,(H,41,42)/t25-,26?,27?,28+,31-,33-,35-,36+,39+,40+/m1/s1. The van der Waals surface area contributed by atoms with Gasteiger partial charge >= 0.3 is 5.97 Å². The van der Waals surface area contributed by atoms with E-state index in [9.17, 15) is 19.8 Å². The van der Waals surface area contributed by atoms with Crippen LogP contribution in [0.1, 0.15) is 113 Å². The number of amides is 1. The first-order chi connectivity index (χ1) is 22.8. The second kappa shape index (κ2) is 16.3. The summed E-state index contributed by atoms with van der Waals surface area (Å²) in [5.74, 6) is -1.10. The van der Waals surface area contributed by atoms with Crippen molar-refractivity contribution in [1.29, 1.82) is 0 Å². The van der Waals surface area contributed by atoms with Gasteiger partial charge in [0.2, 0.25) is 0 Å². The van der Waals surface area contributed by atoms with Crippen LogP contribution in [-0.2, 0) is 20.6 Å². The Kier molecular flexibility index (Phi) is 12.9. The Bertz CT molecular complexity index is 1360. The maximum atomic E-state index is 13.6. The number of esters is 1. The molecule has 2 bridgehead atoms. The van der Waals surface area contributed by atoms with E-state index in [-0.39, 0.29) is 41.2 Å². The van der Waals surface area contributed by atoms with Crippen molar-refractivity contribution in [3.8, 4) is 0 Å². The number of aliphatic hydroxyl groups is 2. The van der Waals surface area contributed by atoms with E-state index in [1.165, 1.54) is 5.56 Å². The lowest BCUT2D eigenvalue weighted by Gasteiger charge is -2.56. The molecule has 0 spiro atoms. The monoisotopic (exact) mass is 665 g/mol. The van der Waals surface area contributed by atoms with Gasteiger partial charge in [0.1, 0.15) is 17.3 Å². The van der Waals surface area contributed by atoms with E-state index in [0.29, 0.717) is 36.4 Å². The highest BCUT2D eigenvalue weighted by Gasteiger charge is 2.71. The number of hydrogen-bond donors (Lipinski definition) is 3. The van der Waals surface area contributed by atoms with Gasteiger partial charge in [0.25, 0.3) is 5.91 Å². The number of aryl methyl sites for hydroxylation is 1. The summed E-state index contributed by atoms with van der Waals surface area (Å²) >= 11 is 0. The molecule has 8 heteroatoms. The van der Waals surface area contributed by atoms with Crippen LogP contribution in [0.4, 0.5) is 5.69 Å². The number of carbonyl (C=O) groups excluding carboxylic acids is 2. The van der Waals surface area contributed by atoms with Crippen LogP contribution in [0.3, 0.4) is 0 Å². The van der Waals surface area contributed by atoms with Gasteiger partial charge in [-0.05, 0) is 92.5 Å². The van der Waals surface area contributed by atoms with Gasteiger partial charge < -0.3 is 29.7 Å². The first-order valence-corrected chi connectivity index (χ1v) is 18.0. The quantitative estimate of drug-likeness (QED) is 0.160. The third-order valence-electron chi connectivity index (χ3n) is 11.7. The number of rotatable bonds is 16. The van der Waals surface area contributed by atoms with Crippen molar-refractivity contribution in [1.82, 2.24) is 0 Å². The van der Waals surface area contributed by atoms with Crippen LogP contribution in [0.25, 0.3) is 0 Å². The van der Waals surface area contributed by atoms with E-state index < -0.39 is 29.4 Å². The molecule has 8 nitrogen and oxygen atoms in total. The average molecular weight is 666 g/mol. The maximum absolute atomic E-state index is 13.6. The summed E-state index contributed by atoms with van der Waals surface area (Å²) in [7, 11) is 3.28. The summed E-state index contributed by atoms with van der Waals surface area (Å²) in [6.07, 6.45) is 5.14. The van der Waals surface area contributed by atoms with E-state index in [2.05, 4.69) is 26.1 Å². The van der Waals surface area contributed by atoms with Gasteiger partial charge in [0.05, 0.1) is 23.5 Å². The summed E-state index contributed by atoms with van der Waals surface area (Å²) in [6, 6.07) is 14.5. The minimum Gasteiger partial charge on any atom is -0.459 e. The number of unbranched alkanes of at least 4 members (excludes halogenated alkanes) is 1. The number of hydrogen-bond acceptors (Lipinski definition) is 7. The largest absolute Gasteiger partial charge is 0.459 e. The van der Waals surface area contributed by atoms with Gasteiger partial charge in [-0.25, -0.2) is 4.79 Å². The first kappa shape index (κ1) is 38.0. The molecule has 2 fully saturated rings. The van der Waals surface area contributed by atoms with Crippen LogP contribution in [0.5, 0.6) is 0 Å². The Morgan fingerprint density at radius 3 is 2.29 bits per heavy atom. The zero-order valence-electron chi connectivity index (χ0n) is 30.3. The van der Waals surface area contributed by atoms with Crippen LogP contribution in [0.2, 0.25) is 0 Å². The molecule has 0 saturated heterocycles. The van der Waals surface area contributed by atoms with Crippen molar-refractivity contribution >= 4 is 17.6 Å². The minimum atomic E-state index is -1.45. The zero-order valence-corrected chi connectivity index (χ0v) is 30.3. The molecule has 0 aromatic heterocycles. The molecule has 0 radical (unpaired) electrons. The van der Waals surface area contributed by atoms with Gasteiger partial charge in [-0.1, -0.05) is 71.7 Å². The molecule has 4 rings (SSSR count). The number of anilines is 1. The Labute approximate surface area is 287 Å². The molecule has 1 amide bonds. The van der Waals surface area contributed by atoms with Crippen LogP contribution >= 0.6 is 0 Å². The SMILES string of the molecule is CCCCc1ccc(C(=O)Nc2ccccc2C(=O)O[C@@H](C)C(C)C[C@@H](C[C@H](C)CC)[C@@]2(O)C[C@@H](OC)[C@H]3CC(C)[C@]2(O)[C@H]3OC)cc1. The summed E-state index contributed by atoms with van der Waals surface area (Å²) in [4.78, 5) is 26.7. The molecule has 0 heterocycles. The normalized spacial score (nSPS) is 29.1. The van der Waals surface area contributed by atoms with Crippen LogP contribution in [0, 0.1) is 29.6 Å². The van der Waals surface area contributed by atoms with Gasteiger partial charge in [-0.3, -0.25) is 4.79 Å². The van der Waals surface area contributed by atoms with Crippen molar-refractivity contribution in [2.75, 3.05) is 19.5 Å². The van der Waals surface area contributed by atoms with E-state index in [0.717, 1.165) is 32.1 Å². The molecule has 2 aliphatic rings. The van der Waals surface area contributed by atoms with E-state index in [4.69, 9.17) is 14.2 Å². The van der Waals surface area contributed by atoms with Gasteiger partial charge in [-0.15, -0.1) is 0 Å². The lowest BCUT2D eigenvalue weighted by Crippen LogP contribution is -2.70. The number of nitrogens with one attached hydrogen (secondary N) is 1. The zero-order chi connectivity index (χ0) is 35.2. The molecule has 0 aliphatic heterocycles. The van der Waals surface area contributed by atoms with Crippen molar-refractivity contribution in [2.45, 2.75) is 122 Å². The van der Waals surface area contributed by atoms with Crippen LogP contribution in [-0.4, -0.2) is 65.8 Å². The molecule has 2 aromatic rings. The number of para-hydroxylation sites is 1. The second-order valence-electron chi connectivity index (χ2n) is 14.8. The number of fused-ring (bicyclic) bond motifs is 2. The van der Waals surface area contributed by atoms with Crippen LogP contribution < -0.4 is 5.32 Å². The Balaban J connectivity index is 1.50. The minimum absolute atomic E-state index is 0.00698. The van der Waals surface area contributed by atoms with Crippen LogP contribution in [0.15, 0.2) is 48.5 Å². The lowest BCUT2D eigenvalue weighted by molar-refractivity contribution is -0.277. The highest BCUT2D eigenvalue weighted by molar-refractivity contribution is 6.08. The van der Waals surface area contributed by atoms with Crippen molar-refractivity contribution < 1.29 is 34.0 Å². The lowest BCUT2D eigenvalue weighted by atomic mass is 9.59. The molecular weight excluding hydrogens is 606 g/mol. The molecule has 2 aromatic carbocycles. The fourth-order valence-electron chi connectivity index (χ4n) is 8.36.